The minimum Gasteiger partial charge on any atom is -0.493 e. The van der Waals surface area contributed by atoms with E-state index in [1.54, 1.807) is 0 Å². The van der Waals surface area contributed by atoms with Crippen molar-refractivity contribution in [1.82, 2.24) is 15.1 Å². The molecule has 0 bridgehead atoms. The number of ether oxygens (including phenoxy) is 2. The molecule has 1 atom stereocenters. The van der Waals surface area contributed by atoms with E-state index in [2.05, 4.69) is 21.2 Å². The molecular weight excluding hydrogens is 334 g/mol. The summed E-state index contributed by atoms with van der Waals surface area (Å²) < 4.78 is 11.4. The van der Waals surface area contributed by atoms with Gasteiger partial charge in [-0.1, -0.05) is 18.2 Å². The highest BCUT2D eigenvalue weighted by atomic mass is 16.5. The van der Waals surface area contributed by atoms with Crippen molar-refractivity contribution in [2.24, 2.45) is 0 Å². The third kappa shape index (κ3) is 5.67. The van der Waals surface area contributed by atoms with Crippen LogP contribution in [0.25, 0.3) is 0 Å². The number of carboxylic acids is 1. The molecule has 2 aliphatic heterocycles. The molecule has 7 nitrogen and oxygen atoms in total. The van der Waals surface area contributed by atoms with Gasteiger partial charge in [-0.15, -0.1) is 0 Å². The molecule has 7 heteroatoms. The minimum atomic E-state index is -0.789. The lowest BCUT2D eigenvalue weighted by atomic mass is 10.1. The highest BCUT2D eigenvalue weighted by Crippen LogP contribution is 2.21. The Balaban J connectivity index is 1.47. The fourth-order valence-electron chi connectivity index (χ4n) is 3.43. The Kier molecular flexibility index (Phi) is 7.25. The maximum atomic E-state index is 11.2. The molecule has 2 fully saturated rings. The van der Waals surface area contributed by atoms with Crippen molar-refractivity contribution in [1.29, 1.82) is 0 Å². The van der Waals surface area contributed by atoms with E-state index >= 15 is 0 Å². The van der Waals surface area contributed by atoms with E-state index in [0.717, 1.165) is 57.1 Å². The molecule has 0 unspecified atom stereocenters. The average molecular weight is 363 g/mol. The second-order valence-electron chi connectivity index (χ2n) is 6.84. The van der Waals surface area contributed by atoms with Crippen molar-refractivity contribution in [3.8, 4) is 5.75 Å². The van der Waals surface area contributed by atoms with Gasteiger partial charge in [0.2, 0.25) is 0 Å². The highest BCUT2D eigenvalue weighted by Gasteiger charge is 2.25. The van der Waals surface area contributed by atoms with E-state index in [4.69, 9.17) is 9.47 Å². The molecule has 1 aromatic rings. The van der Waals surface area contributed by atoms with Crippen LogP contribution < -0.4 is 10.1 Å². The molecule has 26 heavy (non-hydrogen) atoms. The van der Waals surface area contributed by atoms with Gasteiger partial charge in [0.1, 0.15) is 11.8 Å². The predicted molar refractivity (Wildman–Crippen MR) is 98.5 cm³/mol. The highest BCUT2D eigenvalue weighted by molar-refractivity contribution is 5.73. The van der Waals surface area contributed by atoms with Gasteiger partial charge in [0.05, 0.1) is 19.8 Å². The number of morpholine rings is 1. The number of rotatable bonds is 8. The average Bonchev–Trinajstić information content (AvgIpc) is 2.67. The van der Waals surface area contributed by atoms with Crippen LogP contribution >= 0.6 is 0 Å². The van der Waals surface area contributed by atoms with Gasteiger partial charge in [-0.2, -0.15) is 0 Å². The maximum absolute atomic E-state index is 11.2. The molecule has 1 aromatic carbocycles. The number of nitrogens with zero attached hydrogens (tertiary/aromatic N) is 2. The van der Waals surface area contributed by atoms with Gasteiger partial charge in [-0.3, -0.25) is 14.6 Å². The summed E-state index contributed by atoms with van der Waals surface area (Å²) in [5.74, 6) is 0.113. The first-order valence-electron chi connectivity index (χ1n) is 9.42. The predicted octanol–water partition coefficient (Wildman–Crippen LogP) is 0.646. The van der Waals surface area contributed by atoms with E-state index in [9.17, 15) is 9.90 Å². The molecule has 2 aliphatic rings. The molecule has 0 saturated carbocycles. The quantitative estimate of drug-likeness (QED) is 0.657. The van der Waals surface area contributed by atoms with Gasteiger partial charge in [-0.25, -0.2) is 0 Å². The SMILES string of the molecule is O=C(O)[C@H]1CN(Cc2ccccc2OCCCN2CCOCC2)CCN1. The van der Waals surface area contributed by atoms with E-state index < -0.39 is 12.0 Å². The topological polar surface area (TPSA) is 74.3 Å². The first kappa shape index (κ1) is 19.1. The fourth-order valence-corrected chi connectivity index (χ4v) is 3.43. The van der Waals surface area contributed by atoms with Crippen LogP contribution in [0.5, 0.6) is 5.75 Å². The second-order valence-corrected chi connectivity index (χ2v) is 6.84. The number of piperazine rings is 1. The standard InChI is InChI=1S/C19H29N3O4/c23-19(24)17-15-22(8-6-20-17)14-16-4-1-2-5-18(16)26-11-3-7-21-9-12-25-13-10-21/h1-2,4-5,17,20H,3,6-15H2,(H,23,24)/t17-/m1/s1. The Hall–Kier alpha value is -1.67. The third-order valence-electron chi connectivity index (χ3n) is 4.90. The summed E-state index contributed by atoms with van der Waals surface area (Å²) >= 11 is 0. The van der Waals surface area contributed by atoms with Crippen LogP contribution in [0.15, 0.2) is 24.3 Å². The molecule has 0 radical (unpaired) electrons. The van der Waals surface area contributed by atoms with Crippen molar-refractivity contribution in [3.05, 3.63) is 29.8 Å². The van der Waals surface area contributed by atoms with E-state index in [0.29, 0.717) is 26.2 Å². The zero-order valence-electron chi connectivity index (χ0n) is 15.2. The fraction of sp³-hybridized carbons (Fsp3) is 0.632. The molecule has 0 aromatic heterocycles. The van der Waals surface area contributed by atoms with Crippen molar-refractivity contribution >= 4 is 5.97 Å². The summed E-state index contributed by atoms with van der Waals surface area (Å²) in [6.07, 6.45) is 0.989. The Morgan fingerprint density at radius 3 is 2.85 bits per heavy atom. The number of carboxylic acid groups (broad SMARTS) is 1. The number of hydrogen-bond acceptors (Lipinski definition) is 6. The van der Waals surface area contributed by atoms with Gasteiger partial charge in [0, 0.05) is 51.4 Å². The maximum Gasteiger partial charge on any atom is 0.322 e. The minimum absolute atomic E-state index is 0.495. The van der Waals surface area contributed by atoms with Gasteiger partial charge < -0.3 is 19.9 Å². The van der Waals surface area contributed by atoms with Crippen LogP contribution in [0.2, 0.25) is 0 Å². The van der Waals surface area contributed by atoms with Gasteiger partial charge in [-0.05, 0) is 12.5 Å². The Labute approximate surface area is 154 Å². The molecule has 0 aliphatic carbocycles. The number of nitrogens with one attached hydrogen (secondary N) is 1. The van der Waals surface area contributed by atoms with Gasteiger partial charge >= 0.3 is 5.97 Å². The number of hydrogen-bond donors (Lipinski definition) is 2. The number of aliphatic carboxylic acids is 1. The van der Waals surface area contributed by atoms with Crippen molar-refractivity contribution < 1.29 is 19.4 Å². The van der Waals surface area contributed by atoms with Crippen molar-refractivity contribution in [2.45, 2.75) is 19.0 Å². The molecule has 2 N–H and O–H groups in total. The number of para-hydroxylation sites is 1. The molecule has 2 saturated heterocycles. The number of carbonyl (C=O) groups is 1. The first-order valence-corrected chi connectivity index (χ1v) is 9.42. The van der Waals surface area contributed by atoms with Gasteiger partial charge in [0.15, 0.2) is 0 Å². The zero-order chi connectivity index (χ0) is 18.2. The van der Waals surface area contributed by atoms with Crippen molar-refractivity contribution in [3.63, 3.8) is 0 Å². The first-order chi connectivity index (χ1) is 12.7. The summed E-state index contributed by atoms with van der Waals surface area (Å²) in [4.78, 5) is 15.8. The summed E-state index contributed by atoms with van der Waals surface area (Å²) in [7, 11) is 0. The lowest BCUT2D eigenvalue weighted by molar-refractivity contribution is -0.140. The van der Waals surface area contributed by atoms with Crippen LogP contribution in [-0.2, 0) is 16.1 Å². The molecule has 144 valence electrons. The van der Waals surface area contributed by atoms with E-state index in [1.165, 1.54) is 0 Å². The van der Waals surface area contributed by atoms with E-state index in [-0.39, 0.29) is 0 Å². The Morgan fingerprint density at radius 2 is 2.04 bits per heavy atom. The van der Waals surface area contributed by atoms with Crippen LogP contribution in [0.1, 0.15) is 12.0 Å². The van der Waals surface area contributed by atoms with Crippen molar-refractivity contribution in [2.75, 3.05) is 59.1 Å². The largest absolute Gasteiger partial charge is 0.493 e. The Morgan fingerprint density at radius 1 is 1.23 bits per heavy atom. The molecule has 0 spiro atoms. The lowest BCUT2D eigenvalue weighted by Crippen LogP contribution is -2.53. The molecular formula is C19H29N3O4. The Bertz CT molecular complexity index is 578. The van der Waals surface area contributed by atoms with Crippen LogP contribution in [0.3, 0.4) is 0 Å². The van der Waals surface area contributed by atoms with Crippen LogP contribution in [0.4, 0.5) is 0 Å². The second kappa shape index (κ2) is 9.87. The molecule has 0 amide bonds. The summed E-state index contributed by atoms with van der Waals surface area (Å²) in [6, 6.07) is 7.56. The summed E-state index contributed by atoms with van der Waals surface area (Å²) in [5.41, 5.74) is 1.12. The van der Waals surface area contributed by atoms with Crippen LogP contribution in [-0.4, -0.2) is 86.0 Å². The molecule has 3 rings (SSSR count). The molecule has 2 heterocycles. The van der Waals surface area contributed by atoms with Crippen LogP contribution in [0, 0.1) is 0 Å². The summed E-state index contributed by atoms with van der Waals surface area (Å²) in [5, 5.41) is 12.2. The lowest BCUT2D eigenvalue weighted by Gasteiger charge is -2.31. The smallest absolute Gasteiger partial charge is 0.322 e. The summed E-state index contributed by atoms with van der Waals surface area (Å²) in [6.45, 7) is 8.14. The van der Waals surface area contributed by atoms with E-state index in [1.807, 2.05) is 18.2 Å². The van der Waals surface area contributed by atoms with Gasteiger partial charge in [0.25, 0.3) is 0 Å². The third-order valence-corrected chi connectivity index (χ3v) is 4.90. The zero-order valence-corrected chi connectivity index (χ0v) is 15.2. The number of benzene rings is 1. The monoisotopic (exact) mass is 363 g/mol. The normalized spacial score (nSPS) is 22.2.